The van der Waals surface area contributed by atoms with E-state index in [1.165, 1.54) is 44.1 Å². The lowest BCUT2D eigenvalue weighted by molar-refractivity contribution is 0.420. The third-order valence-corrected chi connectivity index (χ3v) is 5.40. The Labute approximate surface area is 109 Å². The van der Waals surface area contributed by atoms with Crippen molar-refractivity contribution >= 4 is 11.6 Å². The van der Waals surface area contributed by atoms with Crippen LogP contribution in [0.1, 0.15) is 42.9 Å². The number of hydrogen-bond donors (Lipinski definition) is 0. The van der Waals surface area contributed by atoms with Gasteiger partial charge in [-0.1, -0.05) is 25.1 Å². The van der Waals surface area contributed by atoms with Crippen LogP contribution in [0.3, 0.4) is 0 Å². The number of alkyl halides is 1. The van der Waals surface area contributed by atoms with Gasteiger partial charge in [0.1, 0.15) is 0 Å². The maximum atomic E-state index is 6.32. The van der Waals surface area contributed by atoms with Crippen molar-refractivity contribution in [3.8, 4) is 0 Å². The third kappa shape index (κ3) is 2.25. The Morgan fingerprint density at radius 3 is 2.76 bits per heavy atom. The van der Waals surface area contributed by atoms with Crippen LogP contribution in [0.5, 0.6) is 0 Å². The van der Waals surface area contributed by atoms with E-state index in [0.717, 1.165) is 5.92 Å². The molecule has 17 heavy (non-hydrogen) atoms. The van der Waals surface area contributed by atoms with E-state index in [1.54, 1.807) is 11.1 Å². The van der Waals surface area contributed by atoms with Crippen molar-refractivity contribution in [2.75, 3.05) is 0 Å². The maximum Gasteiger partial charge on any atom is 0.0364 e. The lowest BCUT2D eigenvalue weighted by atomic mass is 9.90. The summed E-state index contributed by atoms with van der Waals surface area (Å²) in [6.07, 6.45) is 7.69. The zero-order valence-electron chi connectivity index (χ0n) is 10.6. The van der Waals surface area contributed by atoms with Crippen LogP contribution in [0.25, 0.3) is 0 Å². The lowest BCUT2D eigenvalue weighted by Gasteiger charge is -2.17. The van der Waals surface area contributed by atoms with Crippen molar-refractivity contribution in [1.82, 2.24) is 0 Å². The summed E-state index contributed by atoms with van der Waals surface area (Å²) in [5.41, 5.74) is 4.73. The minimum Gasteiger partial charge on any atom is -0.123 e. The normalized spacial score (nSPS) is 31.8. The molecule has 0 aromatic heterocycles. The number of aryl methyl sites for hydroxylation is 2. The van der Waals surface area contributed by atoms with Crippen molar-refractivity contribution in [2.45, 2.75) is 50.8 Å². The van der Waals surface area contributed by atoms with E-state index >= 15 is 0 Å². The Morgan fingerprint density at radius 2 is 2.00 bits per heavy atom. The first kappa shape index (κ1) is 11.6. The van der Waals surface area contributed by atoms with Gasteiger partial charge in [-0.15, -0.1) is 11.6 Å². The van der Waals surface area contributed by atoms with Gasteiger partial charge in [0.05, 0.1) is 0 Å². The number of fused-ring (bicyclic) bond motifs is 1. The molecule has 3 atom stereocenters. The van der Waals surface area contributed by atoms with Crippen LogP contribution < -0.4 is 0 Å². The predicted molar refractivity (Wildman–Crippen MR) is 73.7 cm³/mol. The molecule has 0 aliphatic heterocycles. The van der Waals surface area contributed by atoms with Gasteiger partial charge in [-0.05, 0) is 67.1 Å². The molecule has 2 aliphatic rings. The molecule has 1 fully saturated rings. The summed E-state index contributed by atoms with van der Waals surface area (Å²) in [4.78, 5) is 0. The van der Waals surface area contributed by atoms with Gasteiger partial charge in [0.2, 0.25) is 0 Å². The first-order chi connectivity index (χ1) is 8.24. The quantitative estimate of drug-likeness (QED) is 0.682. The topological polar surface area (TPSA) is 0 Å². The highest BCUT2D eigenvalue weighted by Crippen LogP contribution is 2.37. The molecule has 0 bridgehead atoms. The molecule has 0 radical (unpaired) electrons. The second-order valence-corrected chi connectivity index (χ2v) is 6.43. The second kappa shape index (κ2) is 4.65. The molecule has 1 aromatic rings. The summed E-state index contributed by atoms with van der Waals surface area (Å²) >= 11 is 6.32. The molecule has 3 unspecified atom stereocenters. The van der Waals surface area contributed by atoms with Crippen LogP contribution in [0.4, 0.5) is 0 Å². The van der Waals surface area contributed by atoms with E-state index in [-0.39, 0.29) is 0 Å². The van der Waals surface area contributed by atoms with Gasteiger partial charge in [-0.25, -0.2) is 0 Å². The average molecular weight is 249 g/mol. The van der Waals surface area contributed by atoms with E-state index in [0.29, 0.717) is 11.3 Å². The van der Waals surface area contributed by atoms with Gasteiger partial charge in [0.25, 0.3) is 0 Å². The molecular weight excluding hydrogens is 228 g/mol. The smallest absolute Gasteiger partial charge is 0.0364 e. The molecule has 1 saturated carbocycles. The molecule has 92 valence electrons. The molecule has 0 N–H and O–H groups in total. The number of rotatable bonds is 2. The molecule has 0 heterocycles. The van der Waals surface area contributed by atoms with Crippen molar-refractivity contribution in [3.63, 3.8) is 0 Å². The van der Waals surface area contributed by atoms with Gasteiger partial charge in [-0.2, -0.15) is 0 Å². The van der Waals surface area contributed by atoms with E-state index in [4.69, 9.17) is 11.6 Å². The monoisotopic (exact) mass is 248 g/mol. The SMILES string of the molecule is CC1C(Cl)CCC1Cc1ccc2c(c1)CCC2. The second-order valence-electron chi connectivity index (χ2n) is 5.87. The Kier molecular flexibility index (Phi) is 3.17. The average Bonchev–Trinajstić information content (AvgIpc) is 2.90. The molecule has 2 aliphatic carbocycles. The fourth-order valence-corrected chi connectivity index (χ4v) is 3.87. The van der Waals surface area contributed by atoms with E-state index < -0.39 is 0 Å². The first-order valence-corrected chi connectivity index (χ1v) is 7.42. The summed E-state index contributed by atoms with van der Waals surface area (Å²) < 4.78 is 0. The van der Waals surface area contributed by atoms with E-state index in [9.17, 15) is 0 Å². The van der Waals surface area contributed by atoms with Crippen molar-refractivity contribution in [1.29, 1.82) is 0 Å². The Bertz CT molecular complexity index is 410. The fourth-order valence-electron chi connectivity index (χ4n) is 3.54. The van der Waals surface area contributed by atoms with Crippen LogP contribution in [0, 0.1) is 11.8 Å². The fraction of sp³-hybridized carbons (Fsp3) is 0.625. The molecule has 0 nitrogen and oxygen atoms in total. The Balaban J connectivity index is 1.73. The van der Waals surface area contributed by atoms with Crippen LogP contribution in [-0.2, 0) is 19.3 Å². The lowest BCUT2D eigenvalue weighted by Crippen LogP contribution is -2.13. The van der Waals surface area contributed by atoms with Crippen LogP contribution >= 0.6 is 11.6 Å². The molecule has 0 amide bonds. The van der Waals surface area contributed by atoms with Crippen molar-refractivity contribution in [3.05, 3.63) is 34.9 Å². The zero-order valence-corrected chi connectivity index (χ0v) is 11.3. The third-order valence-electron chi connectivity index (χ3n) is 4.79. The summed E-state index contributed by atoms with van der Waals surface area (Å²) in [6, 6.07) is 7.16. The van der Waals surface area contributed by atoms with Crippen LogP contribution in [0.2, 0.25) is 0 Å². The summed E-state index contributed by atoms with van der Waals surface area (Å²) in [5.74, 6) is 1.49. The number of benzene rings is 1. The minimum absolute atomic E-state index is 0.412. The first-order valence-electron chi connectivity index (χ1n) is 6.99. The number of halogens is 1. The Morgan fingerprint density at radius 1 is 1.18 bits per heavy atom. The Hall–Kier alpha value is -0.490. The zero-order chi connectivity index (χ0) is 11.8. The largest absolute Gasteiger partial charge is 0.123 e. The summed E-state index contributed by atoms with van der Waals surface area (Å²) in [6.45, 7) is 2.32. The highest BCUT2D eigenvalue weighted by atomic mass is 35.5. The van der Waals surface area contributed by atoms with Crippen LogP contribution in [-0.4, -0.2) is 5.38 Å². The van der Waals surface area contributed by atoms with Gasteiger partial charge in [-0.3, -0.25) is 0 Å². The van der Waals surface area contributed by atoms with Crippen molar-refractivity contribution in [2.24, 2.45) is 11.8 Å². The van der Waals surface area contributed by atoms with Gasteiger partial charge in [0.15, 0.2) is 0 Å². The number of hydrogen-bond acceptors (Lipinski definition) is 0. The van der Waals surface area contributed by atoms with Crippen LogP contribution in [0.15, 0.2) is 18.2 Å². The molecule has 3 rings (SSSR count). The minimum atomic E-state index is 0.412. The molecule has 1 heteroatoms. The molecular formula is C16H21Cl. The van der Waals surface area contributed by atoms with Gasteiger partial charge < -0.3 is 0 Å². The highest BCUT2D eigenvalue weighted by molar-refractivity contribution is 6.20. The standard InChI is InChI=1S/C16H21Cl/c1-11-14(7-8-16(11)17)9-12-5-6-13-3-2-4-15(13)10-12/h5-6,10-11,14,16H,2-4,7-9H2,1H3. The maximum absolute atomic E-state index is 6.32. The molecule has 0 spiro atoms. The van der Waals surface area contributed by atoms with Crippen molar-refractivity contribution < 1.29 is 0 Å². The molecule has 1 aromatic carbocycles. The van der Waals surface area contributed by atoms with Gasteiger partial charge >= 0.3 is 0 Å². The van der Waals surface area contributed by atoms with Gasteiger partial charge in [0, 0.05) is 5.38 Å². The summed E-state index contributed by atoms with van der Waals surface area (Å²) in [5, 5.41) is 0.412. The predicted octanol–water partition coefficient (Wildman–Crippen LogP) is 4.37. The highest BCUT2D eigenvalue weighted by Gasteiger charge is 2.31. The summed E-state index contributed by atoms with van der Waals surface area (Å²) in [7, 11) is 0. The van der Waals surface area contributed by atoms with E-state index in [1.807, 2.05) is 0 Å². The van der Waals surface area contributed by atoms with E-state index in [2.05, 4.69) is 25.1 Å². The molecule has 0 saturated heterocycles.